The lowest BCUT2D eigenvalue weighted by atomic mass is 10.2. The zero-order valence-corrected chi connectivity index (χ0v) is 10.4. The van der Waals surface area contributed by atoms with Gasteiger partial charge in [0, 0.05) is 22.5 Å². The second kappa shape index (κ2) is 5.43. The summed E-state index contributed by atoms with van der Waals surface area (Å²) < 4.78 is 0. The monoisotopic (exact) mass is 252 g/mol. The number of thiazole rings is 1. The van der Waals surface area contributed by atoms with Gasteiger partial charge in [0.15, 0.2) is 0 Å². The molecule has 1 heterocycles. The summed E-state index contributed by atoms with van der Waals surface area (Å²) in [7, 11) is 0. The predicted octanol–water partition coefficient (Wildman–Crippen LogP) is 2.89. The van der Waals surface area contributed by atoms with Gasteiger partial charge in [-0.05, 0) is 24.6 Å². The van der Waals surface area contributed by atoms with Gasteiger partial charge in [-0.15, -0.1) is 11.3 Å². The molecule has 0 unspecified atom stereocenters. The average Bonchev–Trinajstić information content (AvgIpc) is 2.70. The number of aromatic nitrogens is 1. The zero-order valence-electron chi connectivity index (χ0n) is 8.82. The summed E-state index contributed by atoms with van der Waals surface area (Å²) in [4.78, 5) is 5.62. The summed E-state index contributed by atoms with van der Waals surface area (Å²) in [6, 6.07) is 7.88. The summed E-state index contributed by atoms with van der Waals surface area (Å²) in [5.41, 5.74) is 6.63. The van der Waals surface area contributed by atoms with Gasteiger partial charge in [-0.3, -0.25) is 0 Å². The highest BCUT2D eigenvalue weighted by Crippen LogP contribution is 2.21. The molecule has 0 saturated heterocycles. The van der Waals surface area contributed by atoms with Crippen molar-refractivity contribution in [2.75, 3.05) is 6.54 Å². The van der Waals surface area contributed by atoms with Gasteiger partial charge in [-0.1, -0.05) is 29.8 Å². The highest BCUT2D eigenvalue weighted by atomic mass is 35.5. The lowest BCUT2D eigenvalue weighted by molar-refractivity contribution is 0.983. The van der Waals surface area contributed by atoms with Gasteiger partial charge < -0.3 is 5.73 Å². The molecule has 1 aromatic heterocycles. The van der Waals surface area contributed by atoms with Gasteiger partial charge in [0.25, 0.3) is 0 Å². The summed E-state index contributed by atoms with van der Waals surface area (Å²) in [6.07, 6.45) is 3.61. The van der Waals surface area contributed by atoms with Crippen molar-refractivity contribution >= 4 is 22.9 Å². The number of rotatable bonds is 4. The smallest absolute Gasteiger partial charge is 0.0972 e. The van der Waals surface area contributed by atoms with Crippen molar-refractivity contribution in [1.82, 2.24) is 4.98 Å². The van der Waals surface area contributed by atoms with Crippen LogP contribution < -0.4 is 5.73 Å². The summed E-state index contributed by atoms with van der Waals surface area (Å²) in [5.74, 6) is 0. The normalized spacial score (nSPS) is 10.6. The number of hydrogen-bond acceptors (Lipinski definition) is 3. The SMILES string of the molecule is NCCc1cnc(Cc2ccccc2Cl)s1. The number of nitrogens with zero attached hydrogens (tertiary/aromatic N) is 1. The van der Waals surface area contributed by atoms with E-state index in [0.717, 1.165) is 28.4 Å². The van der Waals surface area contributed by atoms with Gasteiger partial charge in [0.1, 0.15) is 0 Å². The van der Waals surface area contributed by atoms with Crippen molar-refractivity contribution in [3.8, 4) is 0 Å². The standard InChI is InChI=1S/C12H13ClN2S/c13-11-4-2-1-3-9(11)7-12-15-8-10(16-12)5-6-14/h1-4,8H,5-7,14H2. The maximum absolute atomic E-state index is 6.10. The third-order valence-electron chi connectivity index (χ3n) is 2.29. The minimum absolute atomic E-state index is 0.674. The van der Waals surface area contributed by atoms with Crippen LogP contribution in [0.5, 0.6) is 0 Å². The molecular weight excluding hydrogens is 240 g/mol. The molecule has 0 aliphatic carbocycles. The van der Waals surface area contributed by atoms with Crippen LogP contribution in [0.25, 0.3) is 0 Å². The van der Waals surface area contributed by atoms with Crippen molar-refractivity contribution in [3.63, 3.8) is 0 Å². The van der Waals surface area contributed by atoms with E-state index in [-0.39, 0.29) is 0 Å². The van der Waals surface area contributed by atoms with Crippen molar-refractivity contribution in [2.45, 2.75) is 12.8 Å². The molecule has 0 aliphatic rings. The minimum atomic E-state index is 0.674. The molecule has 4 heteroatoms. The largest absolute Gasteiger partial charge is 0.330 e. The van der Waals surface area contributed by atoms with Crippen LogP contribution in [0.4, 0.5) is 0 Å². The number of nitrogens with two attached hydrogens (primary N) is 1. The van der Waals surface area contributed by atoms with Gasteiger partial charge >= 0.3 is 0 Å². The Balaban J connectivity index is 2.11. The summed E-state index contributed by atoms with van der Waals surface area (Å²) >= 11 is 7.81. The molecule has 0 bridgehead atoms. The molecular formula is C12H13ClN2S. The van der Waals surface area contributed by atoms with Crippen LogP contribution in [0.2, 0.25) is 5.02 Å². The first-order chi connectivity index (χ1) is 7.79. The van der Waals surface area contributed by atoms with Gasteiger partial charge in [0.2, 0.25) is 0 Å². The van der Waals surface area contributed by atoms with Crippen LogP contribution in [-0.2, 0) is 12.8 Å². The fraction of sp³-hybridized carbons (Fsp3) is 0.250. The second-order valence-electron chi connectivity index (χ2n) is 3.53. The molecule has 16 heavy (non-hydrogen) atoms. The van der Waals surface area contributed by atoms with E-state index in [1.807, 2.05) is 30.5 Å². The molecule has 84 valence electrons. The summed E-state index contributed by atoms with van der Waals surface area (Å²) in [5, 5.41) is 1.90. The Hall–Kier alpha value is -0.900. The molecule has 0 spiro atoms. The molecule has 0 aliphatic heterocycles. The van der Waals surface area contributed by atoms with Crippen LogP contribution in [0, 0.1) is 0 Å². The van der Waals surface area contributed by atoms with E-state index in [0.29, 0.717) is 6.54 Å². The Labute approximate surface area is 104 Å². The Morgan fingerprint density at radius 3 is 2.88 bits per heavy atom. The number of benzene rings is 1. The fourth-order valence-corrected chi connectivity index (χ4v) is 2.66. The molecule has 0 fully saturated rings. The van der Waals surface area contributed by atoms with E-state index in [9.17, 15) is 0 Å². The Morgan fingerprint density at radius 2 is 2.12 bits per heavy atom. The maximum Gasteiger partial charge on any atom is 0.0972 e. The minimum Gasteiger partial charge on any atom is -0.330 e. The number of hydrogen-bond donors (Lipinski definition) is 1. The van der Waals surface area contributed by atoms with Crippen molar-refractivity contribution < 1.29 is 0 Å². The molecule has 0 radical (unpaired) electrons. The molecule has 0 amide bonds. The van der Waals surface area contributed by atoms with Crippen LogP contribution in [-0.4, -0.2) is 11.5 Å². The van der Waals surface area contributed by atoms with Crippen molar-refractivity contribution in [3.05, 3.63) is 50.9 Å². The predicted molar refractivity (Wildman–Crippen MR) is 69.1 cm³/mol. The lowest BCUT2D eigenvalue weighted by Gasteiger charge is -2.00. The van der Waals surface area contributed by atoms with Crippen LogP contribution >= 0.6 is 22.9 Å². The Morgan fingerprint density at radius 1 is 1.31 bits per heavy atom. The maximum atomic E-state index is 6.10. The zero-order chi connectivity index (χ0) is 11.4. The van der Waals surface area contributed by atoms with E-state index in [1.54, 1.807) is 11.3 Å². The highest BCUT2D eigenvalue weighted by molar-refractivity contribution is 7.11. The van der Waals surface area contributed by atoms with Crippen molar-refractivity contribution in [1.29, 1.82) is 0 Å². The van der Waals surface area contributed by atoms with E-state index < -0.39 is 0 Å². The van der Waals surface area contributed by atoms with Crippen LogP contribution in [0.3, 0.4) is 0 Å². The molecule has 2 aromatic rings. The lowest BCUT2D eigenvalue weighted by Crippen LogP contribution is -2.00. The topological polar surface area (TPSA) is 38.9 Å². The molecule has 1 aromatic carbocycles. The second-order valence-corrected chi connectivity index (χ2v) is 5.13. The fourth-order valence-electron chi connectivity index (χ4n) is 1.49. The highest BCUT2D eigenvalue weighted by Gasteiger charge is 2.05. The molecule has 2 N–H and O–H groups in total. The van der Waals surface area contributed by atoms with Crippen LogP contribution in [0.15, 0.2) is 30.5 Å². The first-order valence-electron chi connectivity index (χ1n) is 5.16. The van der Waals surface area contributed by atoms with E-state index in [2.05, 4.69) is 4.98 Å². The quantitative estimate of drug-likeness (QED) is 0.909. The summed E-state index contributed by atoms with van der Waals surface area (Å²) in [6.45, 7) is 0.674. The van der Waals surface area contributed by atoms with Crippen LogP contribution in [0.1, 0.15) is 15.4 Å². The third kappa shape index (κ3) is 2.82. The molecule has 0 atom stereocenters. The Bertz CT molecular complexity index is 468. The molecule has 0 saturated carbocycles. The van der Waals surface area contributed by atoms with Gasteiger partial charge in [-0.2, -0.15) is 0 Å². The third-order valence-corrected chi connectivity index (χ3v) is 3.72. The molecule has 2 nitrogen and oxygen atoms in total. The average molecular weight is 253 g/mol. The van der Waals surface area contributed by atoms with Gasteiger partial charge in [0.05, 0.1) is 5.01 Å². The van der Waals surface area contributed by atoms with Gasteiger partial charge in [-0.25, -0.2) is 4.98 Å². The first-order valence-corrected chi connectivity index (χ1v) is 6.36. The van der Waals surface area contributed by atoms with Crippen molar-refractivity contribution in [2.24, 2.45) is 5.73 Å². The van der Waals surface area contributed by atoms with E-state index in [1.165, 1.54) is 4.88 Å². The van der Waals surface area contributed by atoms with E-state index >= 15 is 0 Å². The number of halogens is 1. The Kier molecular flexibility index (Phi) is 3.93. The van der Waals surface area contributed by atoms with E-state index in [4.69, 9.17) is 17.3 Å². The first kappa shape index (κ1) is 11.6. The molecule has 2 rings (SSSR count).